The standard InChI is InChI=1S/C17H20N4O2/c22-16(14-5-9-19-23-14)21-11-7-17(13-21)6-3-10-20(12-17)15-4-1-2-8-18-15/h1-2,4-5,8-9H,3,6-7,10-13H2/t17-/m0/s1. The molecule has 120 valence electrons. The number of aromatic nitrogens is 2. The minimum Gasteiger partial charge on any atom is -0.356 e. The summed E-state index contributed by atoms with van der Waals surface area (Å²) < 4.78 is 5.01. The van der Waals surface area contributed by atoms with E-state index in [0.717, 1.165) is 51.3 Å². The molecular formula is C17H20N4O2. The number of likely N-dealkylation sites (tertiary alicyclic amines) is 1. The lowest BCUT2D eigenvalue weighted by Crippen LogP contribution is -2.45. The van der Waals surface area contributed by atoms with E-state index in [9.17, 15) is 4.79 Å². The second kappa shape index (κ2) is 5.68. The molecule has 6 heteroatoms. The maximum atomic E-state index is 12.5. The topological polar surface area (TPSA) is 62.5 Å². The Labute approximate surface area is 135 Å². The first-order valence-corrected chi connectivity index (χ1v) is 8.12. The van der Waals surface area contributed by atoms with Crippen molar-refractivity contribution in [3.8, 4) is 0 Å². The van der Waals surface area contributed by atoms with Crippen LogP contribution in [0.3, 0.4) is 0 Å². The summed E-state index contributed by atoms with van der Waals surface area (Å²) in [5.74, 6) is 1.32. The summed E-state index contributed by atoms with van der Waals surface area (Å²) in [6.45, 7) is 3.57. The Balaban J connectivity index is 1.48. The highest BCUT2D eigenvalue weighted by Gasteiger charge is 2.43. The summed E-state index contributed by atoms with van der Waals surface area (Å²) in [5, 5.41) is 3.63. The number of hydrogen-bond donors (Lipinski definition) is 0. The average molecular weight is 312 g/mol. The molecule has 2 aromatic heterocycles. The summed E-state index contributed by atoms with van der Waals surface area (Å²) in [7, 11) is 0. The van der Waals surface area contributed by atoms with Gasteiger partial charge in [-0.05, 0) is 31.4 Å². The van der Waals surface area contributed by atoms with Crippen molar-refractivity contribution in [2.45, 2.75) is 19.3 Å². The molecule has 0 aliphatic carbocycles. The van der Waals surface area contributed by atoms with Gasteiger partial charge in [0.2, 0.25) is 5.76 Å². The minimum atomic E-state index is -0.0469. The predicted molar refractivity (Wildman–Crippen MR) is 85.1 cm³/mol. The number of anilines is 1. The highest BCUT2D eigenvalue weighted by molar-refractivity contribution is 5.91. The van der Waals surface area contributed by atoms with Crippen LogP contribution in [0.25, 0.3) is 0 Å². The fourth-order valence-electron chi connectivity index (χ4n) is 3.87. The number of rotatable bonds is 2. The molecule has 2 fully saturated rings. The number of carbonyl (C=O) groups excluding carboxylic acids is 1. The normalized spacial score (nSPS) is 24.3. The van der Waals surface area contributed by atoms with E-state index < -0.39 is 0 Å². The van der Waals surface area contributed by atoms with Crippen molar-refractivity contribution in [2.75, 3.05) is 31.1 Å². The second-order valence-electron chi connectivity index (χ2n) is 6.57. The van der Waals surface area contributed by atoms with Gasteiger partial charge in [-0.3, -0.25) is 4.79 Å². The molecule has 0 aromatic carbocycles. The summed E-state index contributed by atoms with van der Waals surface area (Å²) in [4.78, 5) is 21.2. The minimum absolute atomic E-state index is 0.0469. The van der Waals surface area contributed by atoms with Crippen LogP contribution < -0.4 is 4.90 Å². The average Bonchev–Trinajstić information content (AvgIpc) is 3.26. The first-order valence-electron chi connectivity index (χ1n) is 8.12. The molecule has 0 saturated carbocycles. The van der Waals surface area contributed by atoms with E-state index in [1.165, 1.54) is 6.20 Å². The molecule has 0 unspecified atom stereocenters. The Morgan fingerprint density at radius 1 is 1.13 bits per heavy atom. The number of nitrogens with zero attached hydrogens (tertiary/aromatic N) is 4. The lowest BCUT2D eigenvalue weighted by molar-refractivity contribution is 0.0726. The summed E-state index contributed by atoms with van der Waals surface area (Å²) in [6, 6.07) is 7.66. The summed E-state index contributed by atoms with van der Waals surface area (Å²) >= 11 is 0. The van der Waals surface area contributed by atoms with E-state index in [4.69, 9.17) is 4.52 Å². The van der Waals surface area contributed by atoms with E-state index in [0.29, 0.717) is 5.76 Å². The van der Waals surface area contributed by atoms with Crippen LogP contribution in [0.1, 0.15) is 29.8 Å². The predicted octanol–water partition coefficient (Wildman–Crippen LogP) is 2.20. The Hall–Kier alpha value is -2.37. The highest BCUT2D eigenvalue weighted by Crippen LogP contribution is 2.40. The van der Waals surface area contributed by atoms with Gasteiger partial charge in [0.25, 0.3) is 5.91 Å². The molecule has 2 aliphatic heterocycles. The number of pyridine rings is 1. The highest BCUT2D eigenvalue weighted by atomic mass is 16.5. The van der Waals surface area contributed by atoms with Crippen molar-refractivity contribution in [3.05, 3.63) is 42.4 Å². The third-order valence-electron chi connectivity index (χ3n) is 5.01. The molecule has 0 N–H and O–H groups in total. The van der Waals surface area contributed by atoms with E-state index in [1.807, 2.05) is 23.2 Å². The van der Waals surface area contributed by atoms with E-state index in [1.54, 1.807) is 6.07 Å². The van der Waals surface area contributed by atoms with Gasteiger partial charge in [0.1, 0.15) is 5.82 Å². The van der Waals surface area contributed by atoms with Crippen LogP contribution in [-0.4, -0.2) is 47.1 Å². The smallest absolute Gasteiger partial charge is 0.292 e. The molecule has 0 radical (unpaired) electrons. The van der Waals surface area contributed by atoms with Crippen LogP contribution in [0.15, 0.2) is 41.2 Å². The third-order valence-corrected chi connectivity index (χ3v) is 5.01. The first kappa shape index (κ1) is 14.2. The molecule has 1 atom stereocenters. The van der Waals surface area contributed by atoms with Crippen LogP contribution in [0.4, 0.5) is 5.82 Å². The Morgan fingerprint density at radius 2 is 2.09 bits per heavy atom. The van der Waals surface area contributed by atoms with Gasteiger partial charge in [-0.15, -0.1) is 0 Å². The molecule has 0 bridgehead atoms. The first-order chi connectivity index (χ1) is 11.3. The molecular weight excluding hydrogens is 292 g/mol. The van der Waals surface area contributed by atoms with Crippen LogP contribution in [-0.2, 0) is 0 Å². The summed E-state index contributed by atoms with van der Waals surface area (Å²) in [5.41, 5.74) is 0.172. The molecule has 1 amide bonds. The second-order valence-corrected chi connectivity index (χ2v) is 6.57. The fourth-order valence-corrected chi connectivity index (χ4v) is 3.87. The van der Waals surface area contributed by atoms with E-state index in [-0.39, 0.29) is 11.3 Å². The SMILES string of the molecule is O=C(c1ccno1)N1CC[C@]2(CCCN(c3ccccn3)C2)C1. The Morgan fingerprint density at radius 3 is 2.87 bits per heavy atom. The zero-order chi connectivity index (χ0) is 15.7. The Bertz CT molecular complexity index is 673. The van der Waals surface area contributed by atoms with Crippen molar-refractivity contribution in [2.24, 2.45) is 5.41 Å². The monoisotopic (exact) mass is 312 g/mol. The lowest BCUT2D eigenvalue weighted by atomic mass is 9.79. The number of carbonyl (C=O) groups is 1. The van der Waals surface area contributed by atoms with E-state index in [2.05, 4.69) is 21.1 Å². The molecule has 4 heterocycles. The van der Waals surface area contributed by atoms with Gasteiger partial charge >= 0.3 is 0 Å². The maximum absolute atomic E-state index is 12.5. The van der Waals surface area contributed by atoms with Gasteiger partial charge in [0, 0.05) is 43.9 Å². The summed E-state index contributed by atoms with van der Waals surface area (Å²) in [6.07, 6.45) is 6.70. The van der Waals surface area contributed by atoms with Gasteiger partial charge in [0.05, 0.1) is 6.20 Å². The quantitative estimate of drug-likeness (QED) is 0.851. The zero-order valence-electron chi connectivity index (χ0n) is 13.0. The van der Waals surface area contributed by atoms with Crippen molar-refractivity contribution in [3.63, 3.8) is 0 Å². The van der Waals surface area contributed by atoms with Crippen LogP contribution in [0, 0.1) is 5.41 Å². The van der Waals surface area contributed by atoms with Crippen LogP contribution >= 0.6 is 0 Å². The maximum Gasteiger partial charge on any atom is 0.292 e. The van der Waals surface area contributed by atoms with Crippen molar-refractivity contribution < 1.29 is 9.32 Å². The molecule has 2 saturated heterocycles. The van der Waals surface area contributed by atoms with E-state index >= 15 is 0 Å². The fraction of sp³-hybridized carbons (Fsp3) is 0.471. The molecule has 6 nitrogen and oxygen atoms in total. The van der Waals surface area contributed by atoms with Gasteiger partial charge in [0.15, 0.2) is 0 Å². The lowest BCUT2D eigenvalue weighted by Gasteiger charge is -2.40. The van der Waals surface area contributed by atoms with Gasteiger partial charge in [-0.25, -0.2) is 4.98 Å². The number of hydrogen-bond acceptors (Lipinski definition) is 5. The van der Waals surface area contributed by atoms with Crippen molar-refractivity contribution >= 4 is 11.7 Å². The number of amides is 1. The van der Waals surface area contributed by atoms with Gasteiger partial charge in [-0.1, -0.05) is 11.2 Å². The molecule has 4 rings (SSSR count). The van der Waals surface area contributed by atoms with Gasteiger partial charge < -0.3 is 14.3 Å². The van der Waals surface area contributed by atoms with Gasteiger partial charge in [-0.2, -0.15) is 0 Å². The third kappa shape index (κ3) is 2.69. The molecule has 1 spiro atoms. The zero-order valence-corrected chi connectivity index (χ0v) is 13.0. The molecule has 2 aromatic rings. The van der Waals surface area contributed by atoms with Crippen LogP contribution in [0.2, 0.25) is 0 Å². The number of piperidine rings is 1. The molecule has 2 aliphatic rings. The van der Waals surface area contributed by atoms with Crippen molar-refractivity contribution in [1.29, 1.82) is 0 Å². The van der Waals surface area contributed by atoms with Crippen molar-refractivity contribution in [1.82, 2.24) is 15.0 Å². The largest absolute Gasteiger partial charge is 0.356 e. The Kier molecular flexibility index (Phi) is 3.52. The van der Waals surface area contributed by atoms with Crippen LogP contribution in [0.5, 0.6) is 0 Å². The molecule has 23 heavy (non-hydrogen) atoms.